The molecule has 0 spiro atoms. The van der Waals surface area contributed by atoms with Crippen LogP contribution in [0.2, 0.25) is 0 Å². The molecule has 12 heteroatoms. The summed E-state index contributed by atoms with van der Waals surface area (Å²) in [5.41, 5.74) is -0.0628. The topological polar surface area (TPSA) is 101 Å². The minimum absolute atomic E-state index is 0.0732. The van der Waals surface area contributed by atoms with E-state index in [2.05, 4.69) is 44.2 Å². The highest BCUT2D eigenvalue weighted by Gasteiger charge is 2.34. The van der Waals surface area contributed by atoms with E-state index in [1.54, 1.807) is 12.3 Å². The maximum atomic E-state index is 12.0. The fourth-order valence-corrected chi connectivity index (χ4v) is 6.72. The highest BCUT2D eigenvalue weighted by Crippen LogP contribution is 2.34. The second-order valence-corrected chi connectivity index (χ2v) is 11.6. The molecule has 0 bridgehead atoms. The molecule has 0 radical (unpaired) electrons. The molecular formula is C29H43F3N6O3. The third-order valence-electron chi connectivity index (χ3n) is 8.75. The van der Waals surface area contributed by atoms with Crippen molar-refractivity contribution < 1.29 is 18.3 Å². The van der Waals surface area contributed by atoms with E-state index in [4.69, 9.17) is 0 Å². The zero-order valence-electron chi connectivity index (χ0n) is 24.2. The zero-order chi connectivity index (χ0) is 29.7. The third-order valence-corrected chi connectivity index (χ3v) is 8.75. The van der Waals surface area contributed by atoms with Crippen LogP contribution in [0.3, 0.4) is 0 Å². The fraction of sp³-hybridized carbons (Fsp3) is 0.690. The van der Waals surface area contributed by atoms with Crippen molar-refractivity contribution in [1.82, 2.24) is 14.8 Å². The Hall–Kier alpha value is -2.86. The molecule has 3 fully saturated rings. The number of pyridine rings is 1. The molecule has 1 aliphatic carbocycles. The fourth-order valence-electron chi connectivity index (χ4n) is 6.72. The number of halogens is 3. The highest BCUT2D eigenvalue weighted by molar-refractivity contribution is 5.79. The van der Waals surface area contributed by atoms with E-state index in [-0.39, 0.29) is 17.5 Å². The predicted molar refractivity (Wildman–Crippen MR) is 156 cm³/mol. The van der Waals surface area contributed by atoms with Crippen LogP contribution >= 0.6 is 0 Å². The van der Waals surface area contributed by atoms with Crippen molar-refractivity contribution >= 4 is 22.9 Å². The molecule has 1 saturated carbocycles. The predicted octanol–water partition coefficient (Wildman–Crippen LogP) is 4.29. The second-order valence-electron chi connectivity index (χ2n) is 11.6. The first-order valence-corrected chi connectivity index (χ1v) is 14.8. The Bertz CT molecular complexity index is 1210. The molecule has 2 aromatic rings. The summed E-state index contributed by atoms with van der Waals surface area (Å²) in [6.07, 6.45) is 9.63. The van der Waals surface area contributed by atoms with E-state index in [0.29, 0.717) is 29.8 Å². The molecule has 2 aliphatic heterocycles. The first-order chi connectivity index (χ1) is 19.6. The van der Waals surface area contributed by atoms with E-state index in [1.807, 2.05) is 6.92 Å². The Labute approximate surface area is 239 Å². The van der Waals surface area contributed by atoms with Gasteiger partial charge in [0, 0.05) is 50.4 Å². The minimum Gasteiger partial charge on any atom is -0.504 e. The number of nitrogens with zero attached hydrogens (tertiary/aromatic N) is 4. The normalized spacial score (nSPS) is 24.8. The van der Waals surface area contributed by atoms with Gasteiger partial charge in [-0.15, -0.1) is 0 Å². The van der Waals surface area contributed by atoms with Crippen molar-refractivity contribution in [3.05, 3.63) is 32.7 Å². The standard InChI is InChI=1S/C28H42N6O3.CHF3/c1-4-29-24-25(27(37)26(24)36)31-20-15-23(35)28(30-16-20)34-13-12-33(17-19(34)3)21-8-10-32(11-9-21)22-7-5-6-18(2)14-22;2-1(3)4/h15-16,18-19,21-22,29,31,35H,4-14,17H2,1-3H3;1H. The van der Waals surface area contributed by atoms with Gasteiger partial charge in [0.25, 0.3) is 10.9 Å². The van der Waals surface area contributed by atoms with Crippen molar-refractivity contribution in [2.75, 3.05) is 54.8 Å². The number of anilines is 4. The van der Waals surface area contributed by atoms with Crippen LogP contribution in [-0.4, -0.2) is 84.0 Å². The lowest BCUT2D eigenvalue weighted by atomic mass is 9.85. The summed E-state index contributed by atoms with van der Waals surface area (Å²) in [5.74, 6) is 1.51. The molecule has 3 atom stereocenters. The molecule has 9 nitrogen and oxygen atoms in total. The molecule has 3 aliphatic rings. The van der Waals surface area contributed by atoms with Crippen LogP contribution in [-0.2, 0) is 0 Å². The number of alkyl halides is 3. The van der Waals surface area contributed by atoms with E-state index < -0.39 is 17.5 Å². The van der Waals surface area contributed by atoms with Crippen molar-refractivity contribution in [1.29, 1.82) is 0 Å². The van der Waals surface area contributed by atoms with Gasteiger partial charge in [-0.25, -0.2) is 4.98 Å². The SMILES string of the molecule is CCNc1c(Nc2cnc(N3CCN(C4CCN(C5CCCC(C)C5)CC4)CC3C)c(O)c2)c(=O)c1=O.FC(F)F. The molecule has 1 aromatic carbocycles. The minimum atomic E-state index is -3.67. The Balaban J connectivity index is 0.000000909. The van der Waals surface area contributed by atoms with Crippen LogP contribution in [0.4, 0.5) is 36.1 Å². The number of aromatic hydroxyl groups is 1. The molecular weight excluding hydrogens is 537 g/mol. The maximum absolute atomic E-state index is 12.0. The Morgan fingerprint density at radius 3 is 2.27 bits per heavy atom. The van der Waals surface area contributed by atoms with Gasteiger partial charge >= 0.3 is 6.68 Å². The van der Waals surface area contributed by atoms with Gasteiger partial charge in [0.1, 0.15) is 11.4 Å². The van der Waals surface area contributed by atoms with E-state index in [1.165, 1.54) is 51.6 Å². The average Bonchev–Trinajstić information content (AvgIpc) is 2.95. The van der Waals surface area contributed by atoms with Crippen LogP contribution in [0.15, 0.2) is 21.9 Å². The second kappa shape index (κ2) is 13.9. The lowest BCUT2D eigenvalue weighted by molar-refractivity contribution is 0.00819. The molecule has 228 valence electrons. The van der Waals surface area contributed by atoms with Crippen molar-refractivity contribution in [2.45, 2.75) is 84.1 Å². The van der Waals surface area contributed by atoms with E-state index >= 15 is 0 Å². The highest BCUT2D eigenvalue weighted by atomic mass is 19.4. The number of hydrogen-bond donors (Lipinski definition) is 3. The Morgan fingerprint density at radius 2 is 1.66 bits per heavy atom. The number of piperidine rings is 1. The first-order valence-electron chi connectivity index (χ1n) is 14.8. The third kappa shape index (κ3) is 7.51. The summed E-state index contributed by atoms with van der Waals surface area (Å²) in [7, 11) is 0. The van der Waals surface area contributed by atoms with Crippen LogP contribution in [0.5, 0.6) is 5.75 Å². The zero-order valence-corrected chi connectivity index (χ0v) is 24.2. The van der Waals surface area contributed by atoms with Crippen molar-refractivity contribution in [2.24, 2.45) is 5.92 Å². The number of rotatable bonds is 7. The lowest BCUT2D eigenvalue weighted by Crippen LogP contribution is -2.57. The van der Waals surface area contributed by atoms with Gasteiger partial charge in [-0.2, -0.15) is 13.2 Å². The van der Waals surface area contributed by atoms with Crippen LogP contribution in [0, 0.1) is 5.92 Å². The van der Waals surface area contributed by atoms with Crippen molar-refractivity contribution in [3.8, 4) is 5.75 Å². The van der Waals surface area contributed by atoms with Crippen LogP contribution in [0.1, 0.15) is 59.3 Å². The smallest absolute Gasteiger partial charge is 0.379 e. The summed E-state index contributed by atoms with van der Waals surface area (Å²) in [5, 5.41) is 16.7. The quantitative estimate of drug-likeness (QED) is 0.414. The first kappa shape index (κ1) is 31.1. The number of aromatic nitrogens is 1. The Morgan fingerprint density at radius 1 is 0.976 bits per heavy atom. The molecule has 3 unspecified atom stereocenters. The van der Waals surface area contributed by atoms with Gasteiger partial charge in [-0.05, 0) is 58.5 Å². The molecule has 41 heavy (non-hydrogen) atoms. The summed E-state index contributed by atoms with van der Waals surface area (Å²) in [6, 6.07) is 3.24. The molecule has 0 amide bonds. The van der Waals surface area contributed by atoms with Gasteiger partial charge in [0.15, 0.2) is 11.6 Å². The lowest BCUT2D eigenvalue weighted by Gasteiger charge is -2.47. The van der Waals surface area contributed by atoms with Crippen molar-refractivity contribution in [3.63, 3.8) is 0 Å². The maximum Gasteiger partial charge on any atom is 0.379 e. The van der Waals surface area contributed by atoms with Gasteiger partial charge in [0.2, 0.25) is 0 Å². The van der Waals surface area contributed by atoms with Gasteiger partial charge in [-0.3, -0.25) is 14.5 Å². The van der Waals surface area contributed by atoms with Crippen LogP contribution in [0.25, 0.3) is 0 Å². The molecule has 1 aromatic heterocycles. The largest absolute Gasteiger partial charge is 0.504 e. The Kier molecular flexibility index (Phi) is 10.5. The number of likely N-dealkylation sites (tertiary alicyclic amines) is 1. The average molecular weight is 581 g/mol. The van der Waals surface area contributed by atoms with Gasteiger partial charge < -0.3 is 25.5 Å². The molecule has 3 heterocycles. The van der Waals surface area contributed by atoms with E-state index in [9.17, 15) is 27.9 Å². The number of piperazine rings is 1. The number of hydrogen-bond acceptors (Lipinski definition) is 9. The summed E-state index contributed by atoms with van der Waals surface area (Å²) in [4.78, 5) is 35.8. The molecule has 3 N–H and O–H groups in total. The van der Waals surface area contributed by atoms with Gasteiger partial charge in [-0.1, -0.05) is 19.8 Å². The molecule has 2 saturated heterocycles. The summed E-state index contributed by atoms with van der Waals surface area (Å²) in [6.45, 7) is 8.53. The number of nitrogens with one attached hydrogen (secondary N) is 2. The van der Waals surface area contributed by atoms with Gasteiger partial charge in [0.05, 0.1) is 11.9 Å². The van der Waals surface area contributed by atoms with E-state index in [0.717, 1.165) is 31.6 Å². The summed E-state index contributed by atoms with van der Waals surface area (Å²) >= 11 is 0. The molecule has 5 rings (SSSR count). The summed E-state index contributed by atoms with van der Waals surface area (Å²) < 4.78 is 29.0. The van der Waals surface area contributed by atoms with Crippen LogP contribution < -0.4 is 26.4 Å². The monoisotopic (exact) mass is 580 g/mol.